The third kappa shape index (κ3) is 5.27. The fourth-order valence-electron chi connectivity index (χ4n) is 4.58. The molecule has 5 rings (SSSR count). The Morgan fingerprint density at radius 1 is 1.06 bits per heavy atom. The van der Waals surface area contributed by atoms with Gasteiger partial charge in [-0.05, 0) is 96.5 Å². The first-order chi connectivity index (χ1) is 16.1. The summed E-state index contributed by atoms with van der Waals surface area (Å²) in [5.74, 6) is 1.76. The second-order valence-electron chi connectivity index (χ2n) is 9.10. The van der Waals surface area contributed by atoms with Crippen molar-refractivity contribution in [2.24, 2.45) is 0 Å². The Balaban J connectivity index is 1.31. The molecule has 1 fully saturated rings. The van der Waals surface area contributed by atoms with E-state index in [9.17, 15) is 5.11 Å². The van der Waals surface area contributed by atoms with E-state index >= 15 is 0 Å². The lowest BCUT2D eigenvalue weighted by atomic mass is 10.0. The normalized spacial score (nSPS) is 18.3. The summed E-state index contributed by atoms with van der Waals surface area (Å²) in [7, 11) is 0. The van der Waals surface area contributed by atoms with Crippen LogP contribution in [0.1, 0.15) is 43.9 Å². The number of aliphatic hydroxyl groups is 1. The highest BCUT2D eigenvalue weighted by Crippen LogP contribution is 2.28. The minimum Gasteiger partial charge on any atom is -0.457 e. The molecule has 0 bridgehead atoms. The van der Waals surface area contributed by atoms with Gasteiger partial charge < -0.3 is 9.84 Å². The Morgan fingerprint density at radius 2 is 1.88 bits per heavy atom. The highest BCUT2D eigenvalue weighted by atomic mass is 16.5. The van der Waals surface area contributed by atoms with Crippen molar-refractivity contribution in [3.63, 3.8) is 0 Å². The molecule has 0 unspecified atom stereocenters. The van der Waals surface area contributed by atoms with Crippen LogP contribution in [0.25, 0.3) is 16.3 Å². The van der Waals surface area contributed by atoms with Gasteiger partial charge in [0.25, 0.3) is 0 Å². The van der Waals surface area contributed by atoms with E-state index in [-0.39, 0.29) is 6.10 Å². The van der Waals surface area contributed by atoms with Crippen molar-refractivity contribution in [3.8, 4) is 5.75 Å². The number of aliphatic hydroxyl groups excluding tert-OH is 1. The number of fused-ring (bicyclic) bond motifs is 1. The van der Waals surface area contributed by atoms with Crippen LogP contribution < -0.4 is 4.74 Å². The molecule has 1 saturated heterocycles. The third-order valence-corrected chi connectivity index (χ3v) is 6.60. The lowest BCUT2D eigenvalue weighted by Gasteiger charge is -2.29. The molecule has 0 saturated carbocycles. The van der Waals surface area contributed by atoms with Gasteiger partial charge >= 0.3 is 0 Å². The summed E-state index contributed by atoms with van der Waals surface area (Å²) < 4.78 is 6.35. The number of likely N-dealkylation sites (tertiary alicyclic amines) is 1. The molecule has 5 nitrogen and oxygen atoms in total. The zero-order valence-electron chi connectivity index (χ0n) is 19.1. The van der Waals surface area contributed by atoms with Gasteiger partial charge in [0.1, 0.15) is 11.5 Å². The quantitative estimate of drug-likeness (QED) is 0.541. The van der Waals surface area contributed by atoms with Crippen LogP contribution in [0, 0.1) is 0 Å². The molecule has 0 radical (unpaired) electrons. The molecular formula is C28H31N3O2. The van der Waals surface area contributed by atoms with E-state index in [1.807, 2.05) is 6.07 Å². The van der Waals surface area contributed by atoms with Gasteiger partial charge in [-0.25, -0.2) is 0 Å². The molecule has 3 aromatic rings. The molecule has 1 aliphatic heterocycles. The minimum absolute atomic E-state index is 0.129. The molecule has 2 aromatic carbocycles. The van der Waals surface area contributed by atoms with E-state index in [1.54, 1.807) is 6.20 Å². The predicted molar refractivity (Wildman–Crippen MR) is 133 cm³/mol. The summed E-state index contributed by atoms with van der Waals surface area (Å²) in [6.07, 6.45) is 11.7. The summed E-state index contributed by atoms with van der Waals surface area (Å²) in [6, 6.07) is 15.0. The largest absolute Gasteiger partial charge is 0.457 e. The van der Waals surface area contributed by atoms with Gasteiger partial charge in [0.2, 0.25) is 0 Å². The van der Waals surface area contributed by atoms with Gasteiger partial charge in [-0.15, -0.1) is 0 Å². The number of aromatic amines is 1. The highest BCUT2D eigenvalue weighted by molar-refractivity contribution is 5.84. The number of hydrogen-bond acceptors (Lipinski definition) is 4. The average molecular weight is 442 g/mol. The topological polar surface area (TPSA) is 61.4 Å². The third-order valence-electron chi connectivity index (χ3n) is 6.60. The van der Waals surface area contributed by atoms with Crippen molar-refractivity contribution in [1.29, 1.82) is 0 Å². The maximum Gasteiger partial charge on any atom is 0.128 e. The van der Waals surface area contributed by atoms with E-state index in [1.165, 1.54) is 21.9 Å². The molecule has 0 atom stereocenters. The van der Waals surface area contributed by atoms with Crippen LogP contribution in [-0.4, -0.2) is 39.4 Å². The number of piperidine rings is 1. The Kier molecular flexibility index (Phi) is 6.42. The number of allylic oxidation sites excluding steroid dienone is 5. The van der Waals surface area contributed by atoms with E-state index in [0.717, 1.165) is 68.1 Å². The number of ether oxygens (including phenoxy) is 1. The molecule has 0 spiro atoms. The summed E-state index contributed by atoms with van der Waals surface area (Å²) in [5.41, 5.74) is 4.71. The van der Waals surface area contributed by atoms with Gasteiger partial charge in [0.15, 0.2) is 0 Å². The molecule has 2 aliphatic rings. The Morgan fingerprint density at radius 3 is 2.70 bits per heavy atom. The van der Waals surface area contributed by atoms with Crippen molar-refractivity contribution in [2.45, 2.75) is 45.3 Å². The number of H-pyrrole nitrogens is 1. The number of aromatic nitrogens is 2. The van der Waals surface area contributed by atoms with Crippen molar-refractivity contribution in [2.75, 3.05) is 13.1 Å². The first kappa shape index (κ1) is 21.7. The van der Waals surface area contributed by atoms with Gasteiger partial charge in [-0.2, -0.15) is 5.10 Å². The highest BCUT2D eigenvalue weighted by Gasteiger charge is 2.17. The van der Waals surface area contributed by atoms with Crippen LogP contribution in [0.3, 0.4) is 0 Å². The Bertz CT molecular complexity index is 1200. The molecule has 0 amide bonds. The van der Waals surface area contributed by atoms with Crippen molar-refractivity contribution in [3.05, 3.63) is 89.5 Å². The lowest BCUT2D eigenvalue weighted by molar-refractivity contribution is 0.0792. The fourth-order valence-corrected chi connectivity index (χ4v) is 4.58. The first-order valence-corrected chi connectivity index (χ1v) is 11.8. The monoisotopic (exact) mass is 441 g/mol. The molecule has 2 N–H and O–H groups in total. The van der Waals surface area contributed by atoms with Crippen molar-refractivity contribution >= 4 is 16.3 Å². The molecule has 1 aromatic heterocycles. The van der Waals surface area contributed by atoms with Crippen molar-refractivity contribution in [1.82, 2.24) is 15.1 Å². The first-order valence-electron chi connectivity index (χ1n) is 11.8. The minimum atomic E-state index is -0.129. The lowest BCUT2D eigenvalue weighted by Crippen LogP contribution is -2.35. The molecule has 33 heavy (non-hydrogen) atoms. The van der Waals surface area contributed by atoms with E-state index < -0.39 is 0 Å². The van der Waals surface area contributed by atoms with Gasteiger partial charge in [0.05, 0.1) is 11.8 Å². The molecule has 1 aliphatic carbocycles. The zero-order chi connectivity index (χ0) is 22.6. The molecular weight excluding hydrogens is 410 g/mol. The van der Waals surface area contributed by atoms with E-state index in [0.29, 0.717) is 0 Å². The Hall–Kier alpha value is -3.15. The van der Waals surface area contributed by atoms with Crippen LogP contribution in [0.4, 0.5) is 0 Å². The summed E-state index contributed by atoms with van der Waals surface area (Å²) in [5, 5.41) is 19.2. The molecule has 5 heteroatoms. The average Bonchev–Trinajstić information content (AvgIpc) is 3.35. The summed E-state index contributed by atoms with van der Waals surface area (Å²) in [4.78, 5) is 2.42. The van der Waals surface area contributed by atoms with Gasteiger partial charge in [-0.3, -0.25) is 10.00 Å². The number of benzene rings is 2. The van der Waals surface area contributed by atoms with Crippen LogP contribution >= 0.6 is 0 Å². The smallest absolute Gasteiger partial charge is 0.128 e. The second kappa shape index (κ2) is 9.77. The molecule has 2 heterocycles. The van der Waals surface area contributed by atoms with Crippen molar-refractivity contribution < 1.29 is 9.84 Å². The maximum atomic E-state index is 9.73. The van der Waals surface area contributed by atoms with Crippen LogP contribution in [0.15, 0.2) is 78.2 Å². The predicted octanol–water partition coefficient (Wildman–Crippen LogP) is 5.61. The van der Waals surface area contributed by atoms with Crippen LogP contribution in [0.2, 0.25) is 0 Å². The summed E-state index contributed by atoms with van der Waals surface area (Å²) in [6.45, 7) is 5.00. The number of nitrogens with one attached hydrogen (secondary N) is 1. The van der Waals surface area contributed by atoms with Gasteiger partial charge in [0, 0.05) is 25.8 Å². The van der Waals surface area contributed by atoms with E-state index in [4.69, 9.17) is 4.74 Å². The van der Waals surface area contributed by atoms with Crippen LogP contribution in [-0.2, 0) is 6.54 Å². The zero-order valence-corrected chi connectivity index (χ0v) is 19.1. The van der Waals surface area contributed by atoms with Gasteiger partial charge in [-0.1, -0.05) is 24.3 Å². The standard InChI is InChI=1S/C28H31N3O2/c1-20-3-2-4-22(27-11-14-29-30-27)8-10-28(20)33-26-9-7-23-17-21(5-6-24(23)18-26)19-31-15-12-25(32)13-16-31/h4-11,14,17-18,25,32H,2-3,12-13,15-16,19H2,1H3,(H,29,30). The fraction of sp³-hybridized carbons (Fsp3) is 0.321. The maximum absolute atomic E-state index is 9.73. The second-order valence-corrected chi connectivity index (χ2v) is 9.10. The molecule has 170 valence electrons. The SMILES string of the molecule is CC1=C(Oc2ccc3cc(CN4CCC(O)CC4)ccc3c2)C=CC(c2ccn[nH]2)=CCC1. The summed E-state index contributed by atoms with van der Waals surface area (Å²) >= 11 is 0. The number of rotatable bonds is 5. The van der Waals surface area contributed by atoms with E-state index in [2.05, 4.69) is 76.6 Å². The number of nitrogens with zero attached hydrogens (tertiary/aromatic N) is 2. The Labute approximate surface area is 195 Å². The van der Waals surface area contributed by atoms with Crippen LogP contribution in [0.5, 0.6) is 5.75 Å². The number of hydrogen-bond donors (Lipinski definition) is 2.